The first-order valence-electron chi connectivity index (χ1n) is 13.3. The fraction of sp³-hybridized carbons (Fsp3) is 0.655. The lowest BCUT2D eigenvalue weighted by atomic mass is 9.68. The number of amides is 1. The van der Waals surface area contributed by atoms with Crippen molar-refractivity contribution in [3.05, 3.63) is 35.4 Å². The Kier molecular flexibility index (Phi) is 7.79. The average Bonchev–Trinajstić information content (AvgIpc) is 2.80. The molecule has 0 aromatic heterocycles. The first kappa shape index (κ1) is 27.3. The van der Waals surface area contributed by atoms with Crippen molar-refractivity contribution in [2.24, 2.45) is 11.8 Å². The average molecular weight is 516 g/mol. The molecule has 2 saturated heterocycles. The smallest absolute Gasteiger partial charge is 0.410 e. The van der Waals surface area contributed by atoms with E-state index >= 15 is 0 Å². The van der Waals surface area contributed by atoms with Crippen LogP contribution in [-0.4, -0.2) is 59.1 Å². The molecular weight excluding hydrogens is 474 g/mol. The number of carbonyl (C=O) groups excluding carboxylic acids is 1. The molecule has 37 heavy (non-hydrogen) atoms. The van der Waals surface area contributed by atoms with E-state index in [1.807, 2.05) is 31.7 Å². The highest BCUT2D eigenvalue weighted by Crippen LogP contribution is 2.54. The number of rotatable bonds is 6. The maximum absolute atomic E-state index is 12.8. The summed E-state index contributed by atoms with van der Waals surface area (Å²) in [6.45, 7) is 12.8. The van der Waals surface area contributed by atoms with Crippen molar-refractivity contribution in [2.45, 2.75) is 90.6 Å². The molecular formula is C29H41NO7. The molecule has 0 unspecified atom stereocenters. The number of carbonyl (C=O) groups is 2. The van der Waals surface area contributed by atoms with Gasteiger partial charge in [0, 0.05) is 36.6 Å². The second-order valence-electron chi connectivity index (χ2n) is 12.0. The SMILES string of the molecule is CC(C)=CCC[C@@]1(C)Oc2cc(OCC(=O)O)ccc2[C@H]2O[C@H]3CCN(C(=O)OC(C)(C)C)C[C@@H]3C[C@@H]21. The third kappa shape index (κ3) is 6.40. The maximum Gasteiger partial charge on any atom is 0.410 e. The number of nitrogens with zero attached hydrogens (tertiary/aromatic N) is 1. The van der Waals surface area contributed by atoms with Crippen LogP contribution in [0.15, 0.2) is 29.8 Å². The second-order valence-corrected chi connectivity index (χ2v) is 12.0. The highest BCUT2D eigenvalue weighted by molar-refractivity contribution is 5.68. The van der Waals surface area contributed by atoms with E-state index in [-0.39, 0.29) is 30.1 Å². The molecule has 3 aliphatic rings. The van der Waals surface area contributed by atoms with Crippen molar-refractivity contribution in [2.75, 3.05) is 19.7 Å². The van der Waals surface area contributed by atoms with Crippen LogP contribution in [0, 0.1) is 11.8 Å². The van der Waals surface area contributed by atoms with Gasteiger partial charge in [0.15, 0.2) is 6.61 Å². The standard InChI is InChI=1S/C29H41NO7/c1-18(2)8-7-12-29(6)22-14-19-16-30(27(33)37-28(3,4)5)13-11-23(19)35-26(22)21-10-9-20(15-24(21)36-29)34-17-25(31)32/h8-10,15,19,22-23,26H,7,11-14,16-17H2,1-6H3,(H,31,32)/t19-,22-,23-,26+,29+/m0/s1. The zero-order valence-corrected chi connectivity index (χ0v) is 22.9. The Hall–Kier alpha value is -2.74. The van der Waals surface area contributed by atoms with E-state index in [4.69, 9.17) is 24.1 Å². The summed E-state index contributed by atoms with van der Waals surface area (Å²) in [5.41, 5.74) is 1.22. The fourth-order valence-electron chi connectivity index (χ4n) is 5.78. The van der Waals surface area contributed by atoms with Crippen LogP contribution in [0.3, 0.4) is 0 Å². The summed E-state index contributed by atoms with van der Waals surface area (Å²) in [5, 5.41) is 9.00. The van der Waals surface area contributed by atoms with Gasteiger partial charge in [-0.15, -0.1) is 0 Å². The third-order valence-corrected chi connectivity index (χ3v) is 7.53. The van der Waals surface area contributed by atoms with Crippen molar-refractivity contribution in [3.63, 3.8) is 0 Å². The minimum Gasteiger partial charge on any atom is -0.487 e. The molecule has 0 saturated carbocycles. The number of carboxylic acids is 1. The van der Waals surface area contributed by atoms with Crippen molar-refractivity contribution in [3.8, 4) is 11.5 Å². The summed E-state index contributed by atoms with van der Waals surface area (Å²) in [7, 11) is 0. The largest absolute Gasteiger partial charge is 0.487 e. The zero-order valence-electron chi connectivity index (χ0n) is 22.9. The van der Waals surface area contributed by atoms with Gasteiger partial charge < -0.3 is 29.0 Å². The van der Waals surface area contributed by atoms with Crippen LogP contribution in [0.2, 0.25) is 0 Å². The molecule has 1 aromatic rings. The molecule has 3 aliphatic heterocycles. The molecule has 0 bridgehead atoms. The van der Waals surface area contributed by atoms with Gasteiger partial charge in [0.1, 0.15) is 22.7 Å². The maximum atomic E-state index is 12.8. The predicted octanol–water partition coefficient (Wildman–Crippen LogP) is 5.75. The Bertz CT molecular complexity index is 1040. The number of likely N-dealkylation sites (tertiary alicyclic amines) is 1. The highest BCUT2D eigenvalue weighted by Gasteiger charge is 2.53. The number of aliphatic carboxylic acids is 1. The van der Waals surface area contributed by atoms with Crippen LogP contribution in [0.1, 0.15) is 78.9 Å². The van der Waals surface area contributed by atoms with Gasteiger partial charge in [-0.3, -0.25) is 0 Å². The van der Waals surface area contributed by atoms with E-state index in [1.54, 1.807) is 12.1 Å². The lowest BCUT2D eigenvalue weighted by Gasteiger charge is -2.54. The van der Waals surface area contributed by atoms with E-state index in [2.05, 4.69) is 26.8 Å². The van der Waals surface area contributed by atoms with E-state index < -0.39 is 23.8 Å². The van der Waals surface area contributed by atoms with Gasteiger partial charge in [-0.25, -0.2) is 9.59 Å². The number of benzene rings is 1. The van der Waals surface area contributed by atoms with Crippen LogP contribution in [-0.2, 0) is 14.3 Å². The van der Waals surface area contributed by atoms with Crippen LogP contribution in [0.4, 0.5) is 4.79 Å². The number of carboxylic acid groups (broad SMARTS) is 1. The van der Waals surface area contributed by atoms with E-state index in [1.165, 1.54) is 5.57 Å². The Morgan fingerprint density at radius 2 is 2.03 bits per heavy atom. The summed E-state index contributed by atoms with van der Waals surface area (Å²) in [5.74, 6) is 0.438. The predicted molar refractivity (Wildman–Crippen MR) is 139 cm³/mol. The topological polar surface area (TPSA) is 94.5 Å². The lowest BCUT2D eigenvalue weighted by molar-refractivity contribution is -0.191. The molecule has 0 spiro atoms. The Labute approximate surface area is 219 Å². The second kappa shape index (κ2) is 10.6. The van der Waals surface area contributed by atoms with Crippen molar-refractivity contribution in [1.82, 2.24) is 4.90 Å². The molecule has 204 valence electrons. The molecule has 2 fully saturated rings. The summed E-state index contributed by atoms with van der Waals surface area (Å²) in [6.07, 6.45) is 5.22. The molecule has 1 amide bonds. The quantitative estimate of drug-likeness (QED) is 0.482. The molecule has 1 N–H and O–H groups in total. The number of hydrogen-bond acceptors (Lipinski definition) is 6. The van der Waals surface area contributed by atoms with E-state index in [0.29, 0.717) is 24.6 Å². The van der Waals surface area contributed by atoms with Crippen molar-refractivity contribution < 1.29 is 33.6 Å². The fourth-order valence-corrected chi connectivity index (χ4v) is 5.78. The van der Waals surface area contributed by atoms with Gasteiger partial charge in [0.05, 0.1) is 12.2 Å². The Morgan fingerprint density at radius 3 is 2.70 bits per heavy atom. The Balaban J connectivity index is 1.59. The van der Waals surface area contributed by atoms with Gasteiger partial charge in [-0.05, 0) is 79.4 Å². The van der Waals surface area contributed by atoms with Crippen LogP contribution in [0.25, 0.3) is 0 Å². The third-order valence-electron chi connectivity index (χ3n) is 7.53. The normalized spacial score (nSPS) is 28.6. The van der Waals surface area contributed by atoms with Gasteiger partial charge >= 0.3 is 12.1 Å². The van der Waals surface area contributed by atoms with Gasteiger partial charge in [-0.2, -0.15) is 0 Å². The first-order chi connectivity index (χ1) is 17.3. The number of fused-ring (bicyclic) bond motifs is 4. The number of allylic oxidation sites excluding steroid dienone is 2. The first-order valence-corrected chi connectivity index (χ1v) is 13.3. The molecule has 0 aliphatic carbocycles. The zero-order chi connectivity index (χ0) is 27.0. The Morgan fingerprint density at radius 1 is 1.27 bits per heavy atom. The number of piperidine rings is 1. The molecule has 1 aromatic carbocycles. The van der Waals surface area contributed by atoms with Crippen LogP contribution < -0.4 is 9.47 Å². The molecule has 0 radical (unpaired) electrons. The molecule has 3 heterocycles. The summed E-state index contributed by atoms with van der Waals surface area (Å²) in [6, 6.07) is 5.51. The van der Waals surface area contributed by atoms with Gasteiger partial charge in [-0.1, -0.05) is 11.6 Å². The number of ether oxygens (including phenoxy) is 4. The summed E-state index contributed by atoms with van der Waals surface area (Å²) in [4.78, 5) is 25.6. The minimum atomic E-state index is -1.02. The molecule has 5 atom stereocenters. The van der Waals surface area contributed by atoms with Crippen LogP contribution >= 0.6 is 0 Å². The lowest BCUT2D eigenvalue weighted by Crippen LogP contribution is -2.57. The van der Waals surface area contributed by atoms with Crippen LogP contribution in [0.5, 0.6) is 11.5 Å². The van der Waals surface area contributed by atoms with Crippen molar-refractivity contribution in [1.29, 1.82) is 0 Å². The monoisotopic (exact) mass is 515 g/mol. The van der Waals surface area contributed by atoms with Crippen molar-refractivity contribution >= 4 is 12.1 Å². The minimum absolute atomic E-state index is 0.0517. The van der Waals surface area contributed by atoms with Gasteiger partial charge in [0.25, 0.3) is 0 Å². The molecule has 8 heteroatoms. The van der Waals surface area contributed by atoms with Gasteiger partial charge in [0.2, 0.25) is 0 Å². The summed E-state index contributed by atoms with van der Waals surface area (Å²) >= 11 is 0. The molecule has 4 rings (SSSR count). The molecule has 8 nitrogen and oxygen atoms in total. The number of hydrogen-bond donors (Lipinski definition) is 1. The van der Waals surface area contributed by atoms with E-state index in [0.717, 1.165) is 31.2 Å². The van der Waals surface area contributed by atoms with E-state index in [9.17, 15) is 9.59 Å². The highest BCUT2D eigenvalue weighted by atomic mass is 16.6. The summed E-state index contributed by atoms with van der Waals surface area (Å²) < 4.78 is 24.6.